The van der Waals surface area contributed by atoms with Crippen LogP contribution in [0.3, 0.4) is 0 Å². The molecular formula is C7H15NO3. The van der Waals surface area contributed by atoms with Gasteiger partial charge in [-0.1, -0.05) is 0 Å². The summed E-state index contributed by atoms with van der Waals surface area (Å²) in [6.45, 7) is 5.78. The van der Waals surface area contributed by atoms with Gasteiger partial charge in [0.1, 0.15) is 0 Å². The molecule has 2 aliphatic heterocycles. The fourth-order valence-corrected chi connectivity index (χ4v) is 0.801. The van der Waals surface area contributed by atoms with E-state index in [2.05, 4.69) is 5.32 Å². The van der Waals surface area contributed by atoms with Crippen molar-refractivity contribution < 1.29 is 14.2 Å². The second-order valence-electron chi connectivity index (χ2n) is 2.28. The van der Waals surface area contributed by atoms with Gasteiger partial charge >= 0.3 is 0 Å². The van der Waals surface area contributed by atoms with Crippen LogP contribution in [0.15, 0.2) is 0 Å². The summed E-state index contributed by atoms with van der Waals surface area (Å²) in [5, 5.41) is 3.00. The van der Waals surface area contributed by atoms with Crippen LogP contribution in [0.5, 0.6) is 0 Å². The SMILES string of the molecule is C1COCCO1.C1COCN1. The molecule has 2 aliphatic rings. The average molecular weight is 161 g/mol. The molecule has 0 saturated carbocycles. The van der Waals surface area contributed by atoms with Gasteiger partial charge in [-0.2, -0.15) is 0 Å². The number of ether oxygens (including phenoxy) is 3. The van der Waals surface area contributed by atoms with Gasteiger partial charge < -0.3 is 14.2 Å². The lowest BCUT2D eigenvalue weighted by Crippen LogP contribution is -2.16. The van der Waals surface area contributed by atoms with Crippen LogP contribution in [0, 0.1) is 0 Å². The molecule has 0 bridgehead atoms. The lowest BCUT2D eigenvalue weighted by molar-refractivity contribution is -0.0334. The topological polar surface area (TPSA) is 39.7 Å². The van der Waals surface area contributed by atoms with Gasteiger partial charge in [0.15, 0.2) is 0 Å². The normalized spacial score (nSPS) is 24.0. The Hall–Kier alpha value is -0.160. The zero-order valence-electron chi connectivity index (χ0n) is 6.67. The predicted octanol–water partition coefficient (Wildman–Crippen LogP) is -0.403. The monoisotopic (exact) mass is 161 g/mol. The van der Waals surface area contributed by atoms with Crippen molar-refractivity contribution >= 4 is 0 Å². The highest BCUT2D eigenvalue weighted by Gasteiger charge is 1.94. The highest BCUT2D eigenvalue weighted by atomic mass is 16.6. The molecule has 2 fully saturated rings. The molecule has 0 spiro atoms. The zero-order valence-corrected chi connectivity index (χ0v) is 6.67. The summed E-state index contributed by atoms with van der Waals surface area (Å²) in [5.41, 5.74) is 0. The Balaban J connectivity index is 0.000000112. The molecule has 2 rings (SSSR count). The quantitative estimate of drug-likeness (QED) is 0.524. The van der Waals surface area contributed by atoms with Crippen molar-refractivity contribution in [3.05, 3.63) is 0 Å². The highest BCUT2D eigenvalue weighted by molar-refractivity contribution is 4.43. The van der Waals surface area contributed by atoms with Crippen molar-refractivity contribution in [2.75, 3.05) is 46.3 Å². The number of hydrogen-bond donors (Lipinski definition) is 1. The Morgan fingerprint density at radius 1 is 0.727 bits per heavy atom. The third-order valence-electron chi connectivity index (χ3n) is 1.37. The summed E-state index contributed by atoms with van der Waals surface area (Å²) in [4.78, 5) is 0. The van der Waals surface area contributed by atoms with Crippen LogP contribution in [0.25, 0.3) is 0 Å². The molecule has 0 unspecified atom stereocenters. The molecular weight excluding hydrogens is 146 g/mol. The van der Waals surface area contributed by atoms with E-state index in [1.165, 1.54) is 0 Å². The molecule has 0 aromatic carbocycles. The molecule has 2 saturated heterocycles. The minimum Gasteiger partial charge on any atom is -0.377 e. The molecule has 11 heavy (non-hydrogen) atoms. The van der Waals surface area contributed by atoms with Crippen molar-refractivity contribution in [3.63, 3.8) is 0 Å². The standard InChI is InChI=1S/C4H8O2.C3H7NO/c1-2-6-4-3-5-1;1-2-5-3-4-1/h1-4H2;4H,1-3H2. The lowest BCUT2D eigenvalue weighted by atomic mass is 10.6. The van der Waals surface area contributed by atoms with Gasteiger partial charge in [-0.15, -0.1) is 0 Å². The van der Waals surface area contributed by atoms with E-state index in [4.69, 9.17) is 14.2 Å². The first kappa shape index (κ1) is 8.93. The fourth-order valence-electron chi connectivity index (χ4n) is 0.801. The largest absolute Gasteiger partial charge is 0.377 e. The van der Waals surface area contributed by atoms with E-state index in [1.54, 1.807) is 0 Å². The Bertz CT molecular complexity index is 62.6. The van der Waals surface area contributed by atoms with E-state index >= 15 is 0 Å². The van der Waals surface area contributed by atoms with Crippen molar-refractivity contribution in [2.24, 2.45) is 0 Å². The number of hydrogen-bond acceptors (Lipinski definition) is 4. The van der Waals surface area contributed by atoms with Crippen LogP contribution in [-0.2, 0) is 14.2 Å². The minimum atomic E-state index is 0.750. The molecule has 0 amide bonds. The maximum atomic E-state index is 4.94. The Morgan fingerprint density at radius 3 is 1.55 bits per heavy atom. The summed E-state index contributed by atoms with van der Waals surface area (Å²) in [6.07, 6.45) is 0. The van der Waals surface area contributed by atoms with Gasteiger partial charge in [-0.3, -0.25) is 5.32 Å². The summed E-state index contributed by atoms with van der Waals surface area (Å²) >= 11 is 0. The van der Waals surface area contributed by atoms with E-state index in [0.29, 0.717) is 0 Å². The summed E-state index contributed by atoms with van der Waals surface area (Å²) in [6, 6.07) is 0. The van der Waals surface area contributed by atoms with Crippen molar-refractivity contribution in [1.82, 2.24) is 5.32 Å². The Labute approximate surface area is 66.8 Å². The molecule has 0 aromatic heterocycles. The molecule has 2 heterocycles. The lowest BCUT2D eigenvalue weighted by Gasteiger charge is -2.09. The molecule has 0 radical (unpaired) electrons. The van der Waals surface area contributed by atoms with Crippen LogP contribution < -0.4 is 5.32 Å². The second kappa shape index (κ2) is 6.54. The van der Waals surface area contributed by atoms with Gasteiger partial charge in [0, 0.05) is 6.54 Å². The van der Waals surface area contributed by atoms with Crippen LogP contribution >= 0.6 is 0 Å². The van der Waals surface area contributed by atoms with Crippen LogP contribution in [0.1, 0.15) is 0 Å². The van der Waals surface area contributed by atoms with Crippen LogP contribution in [0.2, 0.25) is 0 Å². The predicted molar refractivity (Wildman–Crippen MR) is 40.5 cm³/mol. The van der Waals surface area contributed by atoms with Crippen LogP contribution in [0.4, 0.5) is 0 Å². The van der Waals surface area contributed by atoms with Crippen molar-refractivity contribution in [1.29, 1.82) is 0 Å². The smallest absolute Gasteiger partial charge is 0.0966 e. The first-order chi connectivity index (χ1) is 5.50. The third kappa shape index (κ3) is 5.15. The summed E-state index contributed by atoms with van der Waals surface area (Å²) < 4.78 is 14.7. The Morgan fingerprint density at radius 2 is 1.36 bits per heavy atom. The molecule has 4 heteroatoms. The minimum absolute atomic E-state index is 0.750. The van der Waals surface area contributed by atoms with E-state index in [-0.39, 0.29) is 0 Å². The second-order valence-corrected chi connectivity index (χ2v) is 2.28. The summed E-state index contributed by atoms with van der Waals surface area (Å²) in [7, 11) is 0. The first-order valence-corrected chi connectivity index (χ1v) is 3.94. The average Bonchev–Trinajstić information content (AvgIpc) is 2.64. The van der Waals surface area contributed by atoms with E-state index < -0.39 is 0 Å². The maximum Gasteiger partial charge on any atom is 0.0966 e. The van der Waals surface area contributed by atoms with Gasteiger partial charge in [0.05, 0.1) is 39.8 Å². The third-order valence-corrected chi connectivity index (χ3v) is 1.37. The maximum absolute atomic E-state index is 4.94. The zero-order chi connectivity index (χ0) is 7.78. The molecule has 0 aliphatic carbocycles. The summed E-state index contributed by atoms with van der Waals surface area (Å²) in [5.74, 6) is 0. The van der Waals surface area contributed by atoms with Gasteiger partial charge in [0.2, 0.25) is 0 Å². The highest BCUT2D eigenvalue weighted by Crippen LogP contribution is 1.85. The van der Waals surface area contributed by atoms with Crippen LogP contribution in [-0.4, -0.2) is 46.3 Å². The Kier molecular flexibility index (Phi) is 5.31. The van der Waals surface area contributed by atoms with Gasteiger partial charge in [-0.05, 0) is 0 Å². The van der Waals surface area contributed by atoms with E-state index in [9.17, 15) is 0 Å². The number of nitrogens with one attached hydrogen (secondary N) is 1. The molecule has 66 valence electrons. The molecule has 0 atom stereocenters. The van der Waals surface area contributed by atoms with E-state index in [0.717, 1.165) is 46.3 Å². The van der Waals surface area contributed by atoms with Gasteiger partial charge in [0.25, 0.3) is 0 Å². The first-order valence-electron chi connectivity index (χ1n) is 3.94. The van der Waals surface area contributed by atoms with Crippen molar-refractivity contribution in [2.45, 2.75) is 0 Å². The molecule has 1 N–H and O–H groups in total. The van der Waals surface area contributed by atoms with E-state index in [1.807, 2.05) is 0 Å². The van der Waals surface area contributed by atoms with Gasteiger partial charge in [-0.25, -0.2) is 0 Å². The number of rotatable bonds is 0. The van der Waals surface area contributed by atoms with Crippen molar-refractivity contribution in [3.8, 4) is 0 Å². The molecule has 4 nitrogen and oxygen atoms in total. The fraction of sp³-hybridized carbons (Fsp3) is 1.00. The molecule has 0 aromatic rings.